The normalized spacial score (nSPS) is 15.9. The Morgan fingerprint density at radius 3 is 2.23 bits per heavy atom. The Morgan fingerprint density at radius 2 is 1.71 bits per heavy atom. The van der Waals surface area contributed by atoms with E-state index < -0.39 is 54.2 Å². The van der Waals surface area contributed by atoms with E-state index in [-0.39, 0.29) is 25.3 Å². The van der Waals surface area contributed by atoms with Gasteiger partial charge in [0.05, 0.1) is 31.3 Å². The highest BCUT2D eigenvalue weighted by molar-refractivity contribution is 5.99. The number of nitrogens with two attached hydrogens (primary N) is 1. The molecule has 0 aromatic heterocycles. The van der Waals surface area contributed by atoms with Gasteiger partial charge in [0.25, 0.3) is 0 Å². The van der Waals surface area contributed by atoms with Crippen molar-refractivity contribution in [2.75, 3.05) is 13.2 Å². The Labute approximate surface area is 209 Å². The van der Waals surface area contributed by atoms with Crippen LogP contribution in [0.2, 0.25) is 0 Å². The van der Waals surface area contributed by atoms with Gasteiger partial charge in [0.2, 0.25) is 11.8 Å². The maximum absolute atomic E-state index is 13.6. The number of benzene rings is 1. The van der Waals surface area contributed by atoms with Crippen molar-refractivity contribution in [3.8, 4) is 0 Å². The van der Waals surface area contributed by atoms with Crippen molar-refractivity contribution in [3.05, 3.63) is 35.9 Å². The molecular weight excluding hydrogens is 450 g/mol. The van der Waals surface area contributed by atoms with Crippen molar-refractivity contribution in [1.29, 1.82) is 0 Å². The van der Waals surface area contributed by atoms with E-state index in [0.717, 1.165) is 10.5 Å². The molecule has 9 nitrogen and oxygen atoms in total. The maximum Gasteiger partial charge on any atom is 0.407 e. The number of ether oxygens (including phenoxy) is 1. The van der Waals surface area contributed by atoms with Crippen LogP contribution in [0.1, 0.15) is 59.9 Å². The fourth-order valence-corrected chi connectivity index (χ4v) is 3.58. The third-order valence-corrected chi connectivity index (χ3v) is 5.92. The minimum atomic E-state index is -1.09. The molecule has 0 aliphatic heterocycles. The molecule has 1 rings (SSSR count). The fraction of sp³-hybridized carbons (Fsp3) is 0.654. The SMILES string of the molecule is CC[C@H](C)[C@H](N)C(=O)N(CCO)C(=O)[C@H](Cc1ccccc1)C[C@H](O)[C@H](C)NC(=O)OC(C)(C)C. The van der Waals surface area contributed by atoms with Crippen molar-refractivity contribution in [2.45, 2.75) is 84.6 Å². The van der Waals surface area contributed by atoms with Crippen molar-refractivity contribution in [1.82, 2.24) is 10.2 Å². The summed E-state index contributed by atoms with van der Waals surface area (Å²) in [5.41, 5.74) is 6.27. The third kappa shape index (κ3) is 10.3. The molecule has 198 valence electrons. The molecule has 1 aromatic rings. The van der Waals surface area contributed by atoms with Crippen LogP contribution in [0.5, 0.6) is 0 Å². The summed E-state index contributed by atoms with van der Waals surface area (Å²) < 4.78 is 5.24. The number of aliphatic hydroxyl groups is 2. The molecule has 5 atom stereocenters. The zero-order chi connectivity index (χ0) is 26.8. The lowest BCUT2D eigenvalue weighted by molar-refractivity contribution is -0.150. The molecule has 0 heterocycles. The fourth-order valence-electron chi connectivity index (χ4n) is 3.58. The van der Waals surface area contributed by atoms with Gasteiger partial charge >= 0.3 is 6.09 Å². The quantitative estimate of drug-likeness (QED) is 0.350. The number of carbonyl (C=O) groups excluding carboxylic acids is 3. The van der Waals surface area contributed by atoms with Crippen LogP contribution in [-0.4, -0.2) is 70.0 Å². The minimum absolute atomic E-state index is 0.0154. The molecule has 0 bridgehead atoms. The number of alkyl carbamates (subject to hydrolysis) is 1. The van der Waals surface area contributed by atoms with Crippen molar-refractivity contribution in [2.24, 2.45) is 17.6 Å². The van der Waals surface area contributed by atoms with Crippen LogP contribution >= 0.6 is 0 Å². The average molecular weight is 494 g/mol. The summed E-state index contributed by atoms with van der Waals surface area (Å²) in [6, 6.07) is 7.67. The van der Waals surface area contributed by atoms with Crippen molar-refractivity contribution in [3.63, 3.8) is 0 Å². The summed E-state index contributed by atoms with van der Waals surface area (Å²) >= 11 is 0. The summed E-state index contributed by atoms with van der Waals surface area (Å²) in [6.07, 6.45) is -0.850. The molecule has 0 unspecified atom stereocenters. The second-order valence-corrected chi connectivity index (χ2v) is 10.1. The Balaban J connectivity index is 3.12. The number of hydrogen-bond acceptors (Lipinski definition) is 7. The topological polar surface area (TPSA) is 142 Å². The number of nitrogens with zero attached hydrogens (tertiary/aromatic N) is 1. The smallest absolute Gasteiger partial charge is 0.407 e. The van der Waals surface area contributed by atoms with Crippen LogP contribution in [0.25, 0.3) is 0 Å². The molecule has 3 amide bonds. The molecule has 1 aromatic carbocycles. The monoisotopic (exact) mass is 493 g/mol. The zero-order valence-electron chi connectivity index (χ0n) is 21.9. The van der Waals surface area contributed by atoms with Gasteiger partial charge in [-0.1, -0.05) is 50.6 Å². The standard InChI is InChI=1S/C26H43N3O6/c1-7-17(2)22(27)24(33)29(13-14-30)23(32)20(15-19-11-9-8-10-12-19)16-21(31)18(3)28-25(34)35-26(4,5)6/h8-12,17-18,20-22,30-31H,7,13-16,27H2,1-6H3,(H,28,34)/t17-,18-,20+,21-,22-/m0/s1. The lowest BCUT2D eigenvalue weighted by Crippen LogP contribution is -2.53. The first kappa shape index (κ1) is 30.5. The molecule has 0 spiro atoms. The highest BCUT2D eigenvalue weighted by Crippen LogP contribution is 2.21. The van der Waals surface area contributed by atoms with E-state index in [1.165, 1.54) is 0 Å². The number of aliphatic hydroxyl groups excluding tert-OH is 2. The molecule has 0 saturated heterocycles. The number of rotatable bonds is 12. The molecule has 0 aliphatic rings. The molecule has 9 heteroatoms. The molecule has 0 aliphatic carbocycles. The van der Waals surface area contributed by atoms with Crippen molar-refractivity contribution < 1.29 is 29.3 Å². The van der Waals surface area contributed by atoms with Gasteiger partial charge in [-0.05, 0) is 52.0 Å². The van der Waals surface area contributed by atoms with E-state index in [1.54, 1.807) is 27.7 Å². The third-order valence-electron chi connectivity index (χ3n) is 5.92. The second kappa shape index (κ2) is 14.2. The first-order valence-electron chi connectivity index (χ1n) is 12.2. The number of hydrogen-bond donors (Lipinski definition) is 4. The van der Waals surface area contributed by atoms with E-state index in [0.29, 0.717) is 6.42 Å². The minimum Gasteiger partial charge on any atom is -0.444 e. The summed E-state index contributed by atoms with van der Waals surface area (Å²) in [5, 5.41) is 23.0. The average Bonchev–Trinajstić information content (AvgIpc) is 2.79. The van der Waals surface area contributed by atoms with Crippen LogP contribution in [-0.2, 0) is 20.7 Å². The van der Waals surface area contributed by atoms with Crippen molar-refractivity contribution >= 4 is 17.9 Å². The number of amides is 3. The van der Waals surface area contributed by atoms with Crippen LogP contribution in [0, 0.1) is 11.8 Å². The Hall–Kier alpha value is -2.49. The summed E-state index contributed by atoms with van der Waals surface area (Å²) in [6.45, 7) is 9.98. The van der Waals surface area contributed by atoms with E-state index in [4.69, 9.17) is 10.5 Å². The summed E-state index contributed by atoms with van der Waals surface area (Å²) in [5.74, 6) is -2.00. The molecule has 0 radical (unpaired) electrons. The van der Waals surface area contributed by atoms with Crippen LogP contribution in [0.3, 0.4) is 0 Å². The second-order valence-electron chi connectivity index (χ2n) is 10.1. The largest absolute Gasteiger partial charge is 0.444 e. The van der Waals surface area contributed by atoms with E-state index in [9.17, 15) is 24.6 Å². The lowest BCUT2D eigenvalue weighted by atomic mass is 9.89. The number of imide groups is 1. The van der Waals surface area contributed by atoms with E-state index in [1.807, 2.05) is 44.2 Å². The molecule has 5 N–H and O–H groups in total. The summed E-state index contributed by atoms with van der Waals surface area (Å²) in [7, 11) is 0. The first-order chi connectivity index (χ1) is 16.3. The van der Waals surface area contributed by atoms with Crippen LogP contribution < -0.4 is 11.1 Å². The highest BCUT2D eigenvalue weighted by atomic mass is 16.6. The van der Waals surface area contributed by atoms with Gasteiger partial charge in [0.1, 0.15) is 5.60 Å². The van der Waals surface area contributed by atoms with Gasteiger partial charge in [-0.15, -0.1) is 0 Å². The Morgan fingerprint density at radius 1 is 1.11 bits per heavy atom. The van der Waals surface area contributed by atoms with Gasteiger partial charge in [0.15, 0.2) is 0 Å². The Kier molecular flexibility index (Phi) is 12.4. The number of carbonyl (C=O) groups is 3. The molecule has 0 fully saturated rings. The predicted molar refractivity (Wildman–Crippen MR) is 134 cm³/mol. The molecule has 35 heavy (non-hydrogen) atoms. The Bertz CT molecular complexity index is 811. The van der Waals surface area contributed by atoms with E-state index >= 15 is 0 Å². The zero-order valence-corrected chi connectivity index (χ0v) is 21.9. The number of nitrogens with one attached hydrogen (secondary N) is 1. The highest BCUT2D eigenvalue weighted by Gasteiger charge is 2.35. The maximum atomic E-state index is 13.6. The summed E-state index contributed by atoms with van der Waals surface area (Å²) in [4.78, 5) is 39.8. The van der Waals surface area contributed by atoms with Gasteiger partial charge in [-0.3, -0.25) is 14.5 Å². The van der Waals surface area contributed by atoms with Crippen LogP contribution in [0.15, 0.2) is 30.3 Å². The van der Waals surface area contributed by atoms with Gasteiger partial charge in [-0.25, -0.2) is 4.79 Å². The molecule has 0 saturated carbocycles. The molecular formula is C26H43N3O6. The van der Waals surface area contributed by atoms with Gasteiger partial charge in [-0.2, -0.15) is 0 Å². The van der Waals surface area contributed by atoms with E-state index in [2.05, 4.69) is 5.32 Å². The van der Waals surface area contributed by atoms with Gasteiger partial charge < -0.3 is 26.0 Å². The lowest BCUT2D eigenvalue weighted by Gasteiger charge is -2.31. The predicted octanol–water partition coefficient (Wildman–Crippen LogP) is 2.23. The first-order valence-corrected chi connectivity index (χ1v) is 12.2. The van der Waals surface area contributed by atoms with Crippen LogP contribution in [0.4, 0.5) is 4.79 Å². The van der Waals surface area contributed by atoms with Gasteiger partial charge in [0, 0.05) is 5.92 Å².